The summed E-state index contributed by atoms with van der Waals surface area (Å²) in [6, 6.07) is 12.7. The molecule has 0 spiro atoms. The van der Waals surface area contributed by atoms with Crippen LogP contribution in [0, 0.1) is 6.92 Å². The van der Waals surface area contributed by atoms with Crippen molar-refractivity contribution in [3.05, 3.63) is 69.7 Å². The zero-order valence-corrected chi connectivity index (χ0v) is 17.5. The van der Waals surface area contributed by atoms with Crippen LogP contribution in [0.1, 0.15) is 22.3 Å². The number of rotatable bonds is 9. The fourth-order valence-electron chi connectivity index (χ4n) is 2.64. The number of aryl methyl sites for hydroxylation is 1. The first-order valence-electron chi connectivity index (χ1n) is 8.73. The summed E-state index contributed by atoms with van der Waals surface area (Å²) in [6.45, 7) is 2.26. The molecule has 29 heavy (non-hydrogen) atoms. The molecule has 0 heterocycles. The van der Waals surface area contributed by atoms with E-state index >= 15 is 0 Å². The first-order valence-corrected chi connectivity index (χ1v) is 9.11. The molecule has 0 saturated heterocycles. The molecule has 0 N–H and O–H groups in total. The van der Waals surface area contributed by atoms with Gasteiger partial charge in [0.05, 0.1) is 13.7 Å². The molecule has 0 atom stereocenters. The summed E-state index contributed by atoms with van der Waals surface area (Å²) in [4.78, 5) is 22.5. The van der Waals surface area contributed by atoms with Crippen LogP contribution in [-0.4, -0.2) is 45.3 Å². The summed E-state index contributed by atoms with van der Waals surface area (Å²) < 4.78 is 10.0. The number of halogens is 1. The van der Waals surface area contributed by atoms with Crippen LogP contribution in [0.15, 0.2) is 52.8 Å². The quantitative estimate of drug-likeness (QED) is 0.352. The Bertz CT molecular complexity index is 912. The molecule has 2 aromatic carbocycles. The van der Waals surface area contributed by atoms with Gasteiger partial charge in [0.1, 0.15) is 19.4 Å². The van der Waals surface area contributed by atoms with Crippen molar-refractivity contribution in [3.63, 3.8) is 0 Å². The molecule has 2 aromatic rings. The van der Waals surface area contributed by atoms with Gasteiger partial charge in [0, 0.05) is 28.8 Å². The zero-order valence-electron chi connectivity index (χ0n) is 16.8. The normalized spacial score (nSPS) is 11.9. The van der Waals surface area contributed by atoms with Gasteiger partial charge in [-0.15, -0.1) is 0 Å². The summed E-state index contributed by atoms with van der Waals surface area (Å²) in [7, 11) is 4.22. The minimum atomic E-state index is -0.610. The molecule has 8 heteroatoms. The van der Waals surface area contributed by atoms with Gasteiger partial charge in [0.15, 0.2) is 5.71 Å². The number of carbonyl (C=O) groups is 1. The number of oxime groups is 2. The third-order valence-electron chi connectivity index (χ3n) is 4.05. The molecule has 0 saturated carbocycles. The third-order valence-corrected chi connectivity index (χ3v) is 4.28. The monoisotopic (exact) mass is 418 g/mol. The highest BCUT2D eigenvalue weighted by Gasteiger charge is 2.20. The summed E-state index contributed by atoms with van der Waals surface area (Å²) in [6.07, 6.45) is 0. The van der Waals surface area contributed by atoms with Gasteiger partial charge in [-0.05, 0) is 24.6 Å². The van der Waals surface area contributed by atoms with Gasteiger partial charge in [-0.25, -0.2) is 4.79 Å². The largest absolute Gasteiger partial charge is 0.464 e. The number of hydrogen-bond donors (Lipinski definition) is 0. The third kappa shape index (κ3) is 6.04. The van der Waals surface area contributed by atoms with Gasteiger partial charge in [0.25, 0.3) is 0 Å². The average Bonchev–Trinajstić information content (AvgIpc) is 2.72. The van der Waals surface area contributed by atoms with Crippen molar-refractivity contribution in [2.75, 3.05) is 27.9 Å². The predicted octanol–water partition coefficient (Wildman–Crippen LogP) is 3.74. The van der Waals surface area contributed by atoms with Crippen LogP contribution in [0.5, 0.6) is 0 Å². The highest BCUT2D eigenvalue weighted by molar-refractivity contribution is 6.43. The van der Waals surface area contributed by atoms with E-state index in [1.54, 1.807) is 25.3 Å². The first-order chi connectivity index (χ1) is 14.0. The van der Waals surface area contributed by atoms with E-state index in [0.29, 0.717) is 16.3 Å². The van der Waals surface area contributed by atoms with Gasteiger partial charge < -0.3 is 19.1 Å². The molecular weight excluding hydrogens is 396 g/mol. The second-order valence-corrected chi connectivity index (χ2v) is 6.41. The fraction of sp³-hybridized carbons (Fsp3) is 0.286. The van der Waals surface area contributed by atoms with E-state index in [2.05, 4.69) is 10.3 Å². The minimum Gasteiger partial charge on any atom is -0.464 e. The zero-order chi connectivity index (χ0) is 21.2. The number of methoxy groups -OCH3 is 2. The fourth-order valence-corrected chi connectivity index (χ4v) is 2.83. The van der Waals surface area contributed by atoms with Crippen molar-refractivity contribution in [3.8, 4) is 0 Å². The number of ether oxygens (including phenoxy) is 2. The van der Waals surface area contributed by atoms with Crippen LogP contribution >= 0.6 is 11.6 Å². The highest BCUT2D eigenvalue weighted by atomic mass is 35.5. The molecule has 0 unspecified atom stereocenters. The van der Waals surface area contributed by atoms with Crippen molar-refractivity contribution < 1.29 is 23.9 Å². The smallest absolute Gasteiger partial charge is 0.360 e. The number of esters is 1. The number of carbonyl (C=O) groups excluding carboxylic acids is 1. The maximum Gasteiger partial charge on any atom is 0.360 e. The lowest BCUT2D eigenvalue weighted by Crippen LogP contribution is -2.20. The van der Waals surface area contributed by atoms with Crippen molar-refractivity contribution in [2.45, 2.75) is 13.5 Å². The molecule has 7 nitrogen and oxygen atoms in total. The summed E-state index contributed by atoms with van der Waals surface area (Å²) >= 11 is 6.06. The maximum absolute atomic E-state index is 12.1. The minimum absolute atomic E-state index is 0.0493. The molecule has 0 bridgehead atoms. The molecule has 0 aliphatic carbocycles. The highest BCUT2D eigenvalue weighted by Crippen LogP contribution is 2.18. The Kier molecular flexibility index (Phi) is 8.64. The number of benzene rings is 2. The average molecular weight is 419 g/mol. The summed E-state index contributed by atoms with van der Waals surface area (Å²) in [5, 5.41) is 8.62. The Morgan fingerprint density at radius 3 is 2.48 bits per heavy atom. The van der Waals surface area contributed by atoms with Gasteiger partial charge >= 0.3 is 5.97 Å². The predicted molar refractivity (Wildman–Crippen MR) is 111 cm³/mol. The molecule has 0 fully saturated rings. The van der Waals surface area contributed by atoms with Crippen LogP contribution in [0.4, 0.5) is 0 Å². The standard InChI is InChI=1S/C21H23ClN2O5/c1-14-7-5-10-17(20(24-28-4)21(25)27-3)18(14)12-29-23-19(13-26-2)15-8-6-9-16(22)11-15/h5-11H,12-13H2,1-4H3/b23-19+,24-20+. The van der Waals surface area contributed by atoms with Gasteiger partial charge in [0.2, 0.25) is 0 Å². The molecule has 0 aliphatic rings. The van der Waals surface area contributed by atoms with E-state index < -0.39 is 5.97 Å². The van der Waals surface area contributed by atoms with E-state index in [0.717, 1.165) is 16.7 Å². The Morgan fingerprint density at radius 1 is 1.07 bits per heavy atom. The molecular formula is C21H23ClN2O5. The van der Waals surface area contributed by atoms with Crippen molar-refractivity contribution in [1.82, 2.24) is 0 Å². The van der Waals surface area contributed by atoms with Gasteiger partial charge in [-0.1, -0.05) is 52.2 Å². The lowest BCUT2D eigenvalue weighted by molar-refractivity contribution is -0.132. The van der Waals surface area contributed by atoms with Crippen LogP contribution in [0.3, 0.4) is 0 Å². The van der Waals surface area contributed by atoms with Crippen molar-refractivity contribution in [2.24, 2.45) is 10.3 Å². The van der Waals surface area contributed by atoms with Crippen LogP contribution in [-0.2, 0) is 30.6 Å². The Morgan fingerprint density at radius 2 is 1.83 bits per heavy atom. The number of hydrogen-bond acceptors (Lipinski definition) is 7. The van der Waals surface area contributed by atoms with Crippen LogP contribution in [0.2, 0.25) is 5.02 Å². The summed E-state index contributed by atoms with van der Waals surface area (Å²) in [5.41, 5.74) is 3.62. The van der Waals surface area contributed by atoms with Crippen molar-refractivity contribution >= 4 is 29.0 Å². The van der Waals surface area contributed by atoms with E-state index in [9.17, 15) is 4.79 Å². The Labute approximate surface area is 174 Å². The molecule has 154 valence electrons. The lowest BCUT2D eigenvalue weighted by Gasteiger charge is -2.13. The molecule has 0 aromatic heterocycles. The first kappa shape index (κ1) is 22.4. The molecule has 2 rings (SSSR count). The SMILES string of the molecule is COC/C(=N\OCc1c(C)cccc1/C(=N\OC)C(=O)OC)c1cccc(Cl)c1. The van der Waals surface area contributed by atoms with E-state index in [4.69, 9.17) is 30.7 Å². The van der Waals surface area contributed by atoms with E-state index in [-0.39, 0.29) is 18.9 Å². The second-order valence-electron chi connectivity index (χ2n) is 5.97. The lowest BCUT2D eigenvalue weighted by atomic mass is 9.99. The number of nitrogens with zero attached hydrogens (tertiary/aromatic N) is 2. The van der Waals surface area contributed by atoms with Crippen LogP contribution in [0.25, 0.3) is 0 Å². The molecule has 0 amide bonds. The Balaban J connectivity index is 2.33. The van der Waals surface area contributed by atoms with Crippen LogP contribution < -0.4 is 0 Å². The van der Waals surface area contributed by atoms with E-state index in [1.165, 1.54) is 14.2 Å². The molecule has 0 radical (unpaired) electrons. The van der Waals surface area contributed by atoms with Gasteiger partial charge in [-0.2, -0.15) is 0 Å². The summed E-state index contributed by atoms with van der Waals surface area (Å²) in [5.74, 6) is -0.610. The topological polar surface area (TPSA) is 78.7 Å². The molecule has 0 aliphatic heterocycles. The maximum atomic E-state index is 12.1. The van der Waals surface area contributed by atoms with Crippen molar-refractivity contribution in [1.29, 1.82) is 0 Å². The van der Waals surface area contributed by atoms with E-state index in [1.807, 2.05) is 31.2 Å². The second kappa shape index (κ2) is 11.2. The van der Waals surface area contributed by atoms with Gasteiger partial charge in [-0.3, -0.25) is 0 Å². The Hall–Kier alpha value is -2.90.